The highest BCUT2D eigenvalue weighted by Crippen LogP contribution is 2.23. The molecule has 0 fully saturated rings. The van der Waals surface area contributed by atoms with E-state index in [9.17, 15) is 17.6 Å². The number of carbonyl (C=O) groups is 1. The lowest BCUT2D eigenvalue weighted by Gasteiger charge is -2.21. The van der Waals surface area contributed by atoms with Gasteiger partial charge in [-0.25, -0.2) is 12.8 Å². The Morgan fingerprint density at radius 2 is 2.00 bits per heavy atom. The van der Waals surface area contributed by atoms with E-state index in [1.807, 2.05) is 4.72 Å². The number of nitrogens with one attached hydrogen (secondary N) is 1. The van der Waals surface area contributed by atoms with Gasteiger partial charge in [0.2, 0.25) is 10.0 Å². The number of halogens is 2. The SMILES string of the molecule is CC(C)(NS(=O)(=O)c1ccc(F)cc1Cl)C(=O)O. The molecule has 1 rings (SSSR count). The maximum absolute atomic E-state index is 12.8. The minimum absolute atomic E-state index is 0.316. The molecular weight excluding hydrogens is 285 g/mol. The molecule has 100 valence electrons. The first-order valence-corrected chi connectivity index (χ1v) is 6.65. The predicted molar refractivity (Wildman–Crippen MR) is 63.4 cm³/mol. The largest absolute Gasteiger partial charge is 0.480 e. The molecule has 8 heteroatoms. The third kappa shape index (κ3) is 3.18. The standard InChI is InChI=1S/C10H11ClFNO4S/c1-10(2,9(14)15)13-18(16,17)8-4-3-6(12)5-7(8)11/h3-5,13H,1-2H3,(H,14,15). The highest BCUT2D eigenvalue weighted by molar-refractivity contribution is 7.89. The third-order valence-corrected chi connectivity index (χ3v) is 4.25. The fourth-order valence-corrected chi connectivity index (χ4v) is 3.03. The van der Waals surface area contributed by atoms with Crippen LogP contribution >= 0.6 is 11.6 Å². The molecule has 1 aromatic rings. The molecule has 5 nitrogen and oxygen atoms in total. The van der Waals surface area contributed by atoms with Crippen LogP contribution in [0.15, 0.2) is 23.1 Å². The Balaban J connectivity index is 3.19. The molecule has 0 unspecified atom stereocenters. The van der Waals surface area contributed by atoms with Crippen LogP contribution < -0.4 is 4.72 Å². The van der Waals surface area contributed by atoms with Crippen LogP contribution in [0.2, 0.25) is 5.02 Å². The van der Waals surface area contributed by atoms with Crippen LogP contribution in [-0.4, -0.2) is 25.0 Å². The normalized spacial score (nSPS) is 12.4. The number of hydrogen-bond acceptors (Lipinski definition) is 3. The Bertz CT molecular complexity index is 586. The van der Waals surface area contributed by atoms with Crippen molar-refractivity contribution >= 4 is 27.6 Å². The zero-order chi connectivity index (χ0) is 14.1. The van der Waals surface area contributed by atoms with Gasteiger partial charge in [0.15, 0.2) is 0 Å². The van der Waals surface area contributed by atoms with Crippen molar-refractivity contribution in [2.75, 3.05) is 0 Å². The number of sulfonamides is 1. The molecule has 18 heavy (non-hydrogen) atoms. The number of aliphatic carboxylic acids is 1. The van der Waals surface area contributed by atoms with Gasteiger partial charge in [0.25, 0.3) is 0 Å². The van der Waals surface area contributed by atoms with Crippen LogP contribution in [0.25, 0.3) is 0 Å². The van der Waals surface area contributed by atoms with E-state index in [0.29, 0.717) is 0 Å². The Kier molecular flexibility index (Phi) is 3.99. The number of carboxylic acids is 1. The number of benzene rings is 1. The minimum Gasteiger partial charge on any atom is -0.480 e. The molecule has 0 spiro atoms. The van der Waals surface area contributed by atoms with E-state index in [2.05, 4.69) is 0 Å². The number of hydrogen-bond donors (Lipinski definition) is 2. The molecule has 0 aromatic heterocycles. The second-order valence-electron chi connectivity index (χ2n) is 4.11. The van der Waals surface area contributed by atoms with Crippen molar-refractivity contribution < 1.29 is 22.7 Å². The molecule has 0 atom stereocenters. The average Bonchev–Trinajstić information content (AvgIpc) is 2.14. The van der Waals surface area contributed by atoms with E-state index >= 15 is 0 Å². The second kappa shape index (κ2) is 4.83. The molecule has 0 aliphatic rings. The lowest BCUT2D eigenvalue weighted by atomic mass is 10.1. The smallest absolute Gasteiger partial charge is 0.324 e. The summed E-state index contributed by atoms with van der Waals surface area (Å²) in [6.07, 6.45) is 0. The van der Waals surface area contributed by atoms with Gasteiger partial charge in [-0.2, -0.15) is 4.72 Å². The minimum atomic E-state index is -4.14. The van der Waals surface area contributed by atoms with Gasteiger partial charge >= 0.3 is 5.97 Å². The van der Waals surface area contributed by atoms with Crippen LogP contribution in [0.3, 0.4) is 0 Å². The molecule has 2 N–H and O–H groups in total. The quantitative estimate of drug-likeness (QED) is 0.884. The van der Waals surface area contributed by atoms with E-state index in [0.717, 1.165) is 18.2 Å². The summed E-state index contributed by atoms with van der Waals surface area (Å²) in [6, 6.07) is 2.73. The van der Waals surface area contributed by atoms with Crippen molar-refractivity contribution in [2.24, 2.45) is 0 Å². The highest BCUT2D eigenvalue weighted by Gasteiger charge is 2.33. The second-order valence-corrected chi connectivity index (χ2v) is 6.17. The molecule has 0 amide bonds. The molecule has 0 bridgehead atoms. The van der Waals surface area contributed by atoms with Gasteiger partial charge in [0, 0.05) is 0 Å². The van der Waals surface area contributed by atoms with Crippen molar-refractivity contribution in [1.82, 2.24) is 4.72 Å². The molecular formula is C10H11ClFNO4S. The number of rotatable bonds is 4. The van der Waals surface area contributed by atoms with E-state index in [1.54, 1.807) is 0 Å². The fraction of sp³-hybridized carbons (Fsp3) is 0.300. The predicted octanol–water partition coefficient (Wildman–Crippen LogP) is 1.62. The van der Waals surface area contributed by atoms with Crippen molar-refractivity contribution in [3.63, 3.8) is 0 Å². The molecule has 0 radical (unpaired) electrons. The topological polar surface area (TPSA) is 83.5 Å². The average molecular weight is 296 g/mol. The summed E-state index contributed by atoms with van der Waals surface area (Å²) >= 11 is 5.62. The highest BCUT2D eigenvalue weighted by atomic mass is 35.5. The molecule has 0 heterocycles. The van der Waals surface area contributed by atoms with Crippen molar-refractivity contribution in [1.29, 1.82) is 0 Å². The summed E-state index contributed by atoms with van der Waals surface area (Å²) in [5.41, 5.74) is -1.70. The lowest BCUT2D eigenvalue weighted by molar-refractivity contribution is -0.142. The molecule has 0 saturated carbocycles. The number of carboxylic acid groups (broad SMARTS) is 1. The first-order chi connectivity index (χ1) is 8.06. The zero-order valence-electron chi connectivity index (χ0n) is 9.57. The molecule has 1 aromatic carbocycles. The Hall–Kier alpha value is -1.18. The fourth-order valence-electron chi connectivity index (χ4n) is 1.13. The maximum atomic E-state index is 12.8. The summed E-state index contributed by atoms with van der Waals surface area (Å²) in [5, 5.41) is 8.53. The summed E-state index contributed by atoms with van der Waals surface area (Å²) in [5.74, 6) is -2.03. The lowest BCUT2D eigenvalue weighted by Crippen LogP contribution is -2.49. The summed E-state index contributed by atoms with van der Waals surface area (Å²) in [6.45, 7) is 2.37. The van der Waals surface area contributed by atoms with Gasteiger partial charge in [0.05, 0.1) is 5.02 Å². The molecule has 0 aliphatic carbocycles. The van der Waals surface area contributed by atoms with Crippen LogP contribution in [0.1, 0.15) is 13.8 Å². The summed E-state index contributed by atoms with van der Waals surface area (Å²) < 4.78 is 38.6. The van der Waals surface area contributed by atoms with Crippen LogP contribution in [0, 0.1) is 5.82 Å². The first kappa shape index (κ1) is 14.9. The van der Waals surface area contributed by atoms with Crippen LogP contribution in [0.5, 0.6) is 0 Å². The Labute approximate surface area is 109 Å². The third-order valence-electron chi connectivity index (χ3n) is 2.11. The first-order valence-electron chi connectivity index (χ1n) is 4.79. The van der Waals surface area contributed by atoms with Crippen molar-refractivity contribution in [3.05, 3.63) is 29.0 Å². The van der Waals surface area contributed by atoms with Crippen LogP contribution in [0.4, 0.5) is 4.39 Å². The summed E-state index contributed by atoms with van der Waals surface area (Å²) in [4.78, 5) is 10.5. The van der Waals surface area contributed by atoms with E-state index < -0.39 is 27.3 Å². The van der Waals surface area contributed by atoms with Crippen molar-refractivity contribution in [3.8, 4) is 0 Å². The monoisotopic (exact) mass is 295 g/mol. The maximum Gasteiger partial charge on any atom is 0.324 e. The van der Waals surface area contributed by atoms with Gasteiger partial charge in [-0.1, -0.05) is 11.6 Å². The molecule has 0 aliphatic heterocycles. The Morgan fingerprint density at radius 1 is 1.44 bits per heavy atom. The van der Waals surface area contributed by atoms with Gasteiger partial charge in [-0.05, 0) is 32.0 Å². The van der Waals surface area contributed by atoms with E-state index in [1.165, 1.54) is 13.8 Å². The van der Waals surface area contributed by atoms with Gasteiger partial charge in [-0.3, -0.25) is 4.79 Å². The molecule has 0 saturated heterocycles. The van der Waals surface area contributed by atoms with Gasteiger partial charge in [0.1, 0.15) is 16.3 Å². The summed E-state index contributed by atoms with van der Waals surface area (Å²) in [7, 11) is -4.14. The van der Waals surface area contributed by atoms with Gasteiger partial charge < -0.3 is 5.11 Å². The van der Waals surface area contributed by atoms with E-state index in [-0.39, 0.29) is 9.92 Å². The van der Waals surface area contributed by atoms with Gasteiger partial charge in [-0.15, -0.1) is 0 Å². The zero-order valence-corrected chi connectivity index (χ0v) is 11.1. The van der Waals surface area contributed by atoms with E-state index in [4.69, 9.17) is 16.7 Å². The Morgan fingerprint density at radius 3 is 2.44 bits per heavy atom. The van der Waals surface area contributed by atoms with Crippen molar-refractivity contribution in [2.45, 2.75) is 24.3 Å². The van der Waals surface area contributed by atoms with Crippen LogP contribution in [-0.2, 0) is 14.8 Å².